The molecule has 0 radical (unpaired) electrons. The van der Waals surface area contributed by atoms with Crippen LogP contribution in [0.2, 0.25) is 0 Å². The standard InChI is InChI=1S/C19H24N2O4/c1-13(9-16(22)18-7-4-8-24-18)21-19(23)20-11-14-10-15-5-2-3-6-17(15)25-12-14/h2-8,13-14,16,22H,9-12H2,1H3,(H2,20,21,23)/t13-,14+,16-/m1/s1. The Balaban J connectivity index is 1.39. The highest BCUT2D eigenvalue weighted by Crippen LogP contribution is 2.26. The van der Waals surface area contributed by atoms with Crippen molar-refractivity contribution in [3.8, 4) is 5.75 Å². The minimum absolute atomic E-state index is 0.177. The number of nitrogens with one attached hydrogen (secondary N) is 2. The molecule has 2 amide bonds. The summed E-state index contributed by atoms with van der Waals surface area (Å²) < 4.78 is 10.9. The first-order chi connectivity index (χ1) is 12.1. The summed E-state index contributed by atoms with van der Waals surface area (Å²) in [4.78, 5) is 12.0. The summed E-state index contributed by atoms with van der Waals surface area (Å²) in [5, 5.41) is 15.8. The Bertz CT molecular complexity index is 686. The van der Waals surface area contributed by atoms with Gasteiger partial charge in [-0.3, -0.25) is 0 Å². The van der Waals surface area contributed by atoms with Crippen molar-refractivity contribution in [2.24, 2.45) is 5.92 Å². The zero-order valence-electron chi connectivity index (χ0n) is 14.3. The Labute approximate surface area is 147 Å². The van der Waals surface area contributed by atoms with Crippen molar-refractivity contribution in [1.29, 1.82) is 0 Å². The fourth-order valence-corrected chi connectivity index (χ4v) is 3.02. The molecule has 134 valence electrons. The molecule has 1 aliphatic heterocycles. The van der Waals surface area contributed by atoms with E-state index in [0.29, 0.717) is 25.3 Å². The van der Waals surface area contributed by atoms with E-state index in [0.717, 1.165) is 12.2 Å². The molecule has 0 unspecified atom stereocenters. The second kappa shape index (κ2) is 8.07. The Morgan fingerprint density at radius 3 is 2.96 bits per heavy atom. The molecule has 0 fully saturated rings. The van der Waals surface area contributed by atoms with Crippen LogP contribution in [0.3, 0.4) is 0 Å². The number of fused-ring (bicyclic) bond motifs is 1. The average molecular weight is 344 g/mol. The van der Waals surface area contributed by atoms with E-state index in [1.165, 1.54) is 11.8 Å². The van der Waals surface area contributed by atoms with Gasteiger partial charge < -0.3 is 24.9 Å². The van der Waals surface area contributed by atoms with Gasteiger partial charge in [-0.25, -0.2) is 4.79 Å². The van der Waals surface area contributed by atoms with Gasteiger partial charge in [0.15, 0.2) is 0 Å². The van der Waals surface area contributed by atoms with Crippen LogP contribution in [0.25, 0.3) is 0 Å². The summed E-state index contributed by atoms with van der Waals surface area (Å²) in [7, 11) is 0. The number of furan rings is 1. The van der Waals surface area contributed by atoms with Gasteiger partial charge in [0.05, 0.1) is 12.9 Å². The molecular weight excluding hydrogens is 320 g/mol. The van der Waals surface area contributed by atoms with Crippen LogP contribution < -0.4 is 15.4 Å². The predicted octanol–water partition coefficient (Wildman–Crippen LogP) is 2.64. The van der Waals surface area contributed by atoms with Crippen molar-refractivity contribution in [3.63, 3.8) is 0 Å². The largest absolute Gasteiger partial charge is 0.493 e. The molecule has 0 bridgehead atoms. The van der Waals surface area contributed by atoms with Gasteiger partial charge >= 0.3 is 6.03 Å². The number of rotatable bonds is 6. The number of carbonyl (C=O) groups is 1. The van der Waals surface area contributed by atoms with Gasteiger partial charge in [0, 0.05) is 24.9 Å². The van der Waals surface area contributed by atoms with Crippen LogP contribution in [-0.2, 0) is 6.42 Å². The highest BCUT2D eigenvalue weighted by molar-refractivity contribution is 5.74. The van der Waals surface area contributed by atoms with E-state index >= 15 is 0 Å². The smallest absolute Gasteiger partial charge is 0.315 e. The molecule has 0 aliphatic carbocycles. The highest BCUT2D eigenvalue weighted by atomic mass is 16.5. The molecular formula is C19H24N2O4. The fourth-order valence-electron chi connectivity index (χ4n) is 3.02. The Hall–Kier alpha value is -2.47. The lowest BCUT2D eigenvalue weighted by molar-refractivity contribution is 0.129. The number of hydrogen-bond acceptors (Lipinski definition) is 4. The van der Waals surface area contributed by atoms with Crippen molar-refractivity contribution in [3.05, 3.63) is 54.0 Å². The predicted molar refractivity (Wildman–Crippen MR) is 93.4 cm³/mol. The van der Waals surface area contributed by atoms with Crippen molar-refractivity contribution < 1.29 is 19.1 Å². The third kappa shape index (κ3) is 4.76. The second-order valence-corrected chi connectivity index (χ2v) is 6.51. The normalized spacial score (nSPS) is 18.6. The molecule has 0 spiro atoms. The van der Waals surface area contributed by atoms with Gasteiger partial charge in [-0.1, -0.05) is 18.2 Å². The van der Waals surface area contributed by atoms with E-state index < -0.39 is 6.10 Å². The van der Waals surface area contributed by atoms with Crippen LogP contribution in [0.4, 0.5) is 4.79 Å². The molecule has 3 rings (SSSR count). The van der Waals surface area contributed by atoms with Gasteiger partial charge in [-0.2, -0.15) is 0 Å². The van der Waals surface area contributed by atoms with Crippen molar-refractivity contribution in [2.75, 3.05) is 13.2 Å². The molecule has 25 heavy (non-hydrogen) atoms. The van der Waals surface area contributed by atoms with Crippen LogP contribution in [-0.4, -0.2) is 30.3 Å². The minimum Gasteiger partial charge on any atom is -0.493 e. The molecule has 1 aromatic carbocycles. The quantitative estimate of drug-likeness (QED) is 0.752. The van der Waals surface area contributed by atoms with Gasteiger partial charge in [-0.15, -0.1) is 0 Å². The zero-order chi connectivity index (χ0) is 17.6. The first-order valence-electron chi connectivity index (χ1n) is 8.58. The summed E-state index contributed by atoms with van der Waals surface area (Å²) in [6, 6.07) is 11.0. The third-order valence-electron chi connectivity index (χ3n) is 4.33. The molecule has 0 saturated carbocycles. The molecule has 0 saturated heterocycles. The van der Waals surface area contributed by atoms with Crippen LogP contribution in [0.15, 0.2) is 47.1 Å². The number of amides is 2. The number of para-hydroxylation sites is 1. The van der Waals surface area contributed by atoms with Crippen molar-refractivity contribution in [1.82, 2.24) is 10.6 Å². The third-order valence-corrected chi connectivity index (χ3v) is 4.33. The van der Waals surface area contributed by atoms with Crippen LogP contribution in [0.5, 0.6) is 5.75 Å². The monoisotopic (exact) mass is 344 g/mol. The SMILES string of the molecule is C[C@H](C[C@@H](O)c1ccco1)NC(=O)NC[C@H]1COc2ccccc2C1. The van der Waals surface area contributed by atoms with Crippen molar-refractivity contribution >= 4 is 6.03 Å². The molecule has 3 N–H and O–H groups in total. The van der Waals surface area contributed by atoms with E-state index in [4.69, 9.17) is 9.15 Å². The first-order valence-corrected chi connectivity index (χ1v) is 8.58. The van der Waals surface area contributed by atoms with E-state index in [9.17, 15) is 9.90 Å². The maximum atomic E-state index is 12.0. The summed E-state index contributed by atoms with van der Waals surface area (Å²) >= 11 is 0. The molecule has 1 aliphatic rings. The summed E-state index contributed by atoms with van der Waals surface area (Å²) in [6.45, 7) is 3.00. The van der Waals surface area contributed by atoms with E-state index in [1.54, 1.807) is 12.1 Å². The minimum atomic E-state index is -0.728. The first kappa shape index (κ1) is 17.4. The van der Waals surface area contributed by atoms with Gasteiger partial charge in [0.2, 0.25) is 0 Å². The second-order valence-electron chi connectivity index (χ2n) is 6.51. The van der Waals surface area contributed by atoms with Gasteiger partial charge in [0.25, 0.3) is 0 Å². The molecule has 6 nitrogen and oxygen atoms in total. The Morgan fingerprint density at radius 2 is 2.16 bits per heavy atom. The number of carbonyl (C=O) groups excluding carboxylic acids is 1. The number of aliphatic hydroxyl groups is 1. The molecule has 1 aromatic heterocycles. The molecule has 3 atom stereocenters. The van der Waals surface area contributed by atoms with Crippen LogP contribution >= 0.6 is 0 Å². The number of aliphatic hydroxyl groups excluding tert-OH is 1. The lowest BCUT2D eigenvalue weighted by Crippen LogP contribution is -2.44. The zero-order valence-corrected chi connectivity index (χ0v) is 14.3. The highest BCUT2D eigenvalue weighted by Gasteiger charge is 2.21. The average Bonchev–Trinajstić information content (AvgIpc) is 3.14. The topological polar surface area (TPSA) is 83.7 Å². The lowest BCUT2D eigenvalue weighted by Gasteiger charge is -2.25. The van der Waals surface area contributed by atoms with Gasteiger partial charge in [0.1, 0.15) is 17.6 Å². The van der Waals surface area contributed by atoms with Gasteiger partial charge in [-0.05, 0) is 37.1 Å². The van der Waals surface area contributed by atoms with Crippen LogP contribution in [0, 0.1) is 5.92 Å². The maximum absolute atomic E-state index is 12.0. The fraction of sp³-hybridized carbons (Fsp3) is 0.421. The van der Waals surface area contributed by atoms with Crippen molar-refractivity contribution in [2.45, 2.75) is 31.9 Å². The number of benzene rings is 1. The van der Waals surface area contributed by atoms with E-state index in [-0.39, 0.29) is 18.0 Å². The molecule has 2 aromatic rings. The van der Waals surface area contributed by atoms with E-state index in [1.807, 2.05) is 25.1 Å². The van der Waals surface area contributed by atoms with E-state index in [2.05, 4.69) is 16.7 Å². The maximum Gasteiger partial charge on any atom is 0.315 e. The Morgan fingerprint density at radius 1 is 1.32 bits per heavy atom. The number of urea groups is 1. The molecule has 2 heterocycles. The number of hydrogen-bond donors (Lipinski definition) is 3. The lowest BCUT2D eigenvalue weighted by atomic mass is 9.97. The molecule has 6 heteroatoms. The number of ether oxygens (including phenoxy) is 1. The Kier molecular flexibility index (Phi) is 5.60. The van der Waals surface area contributed by atoms with Crippen LogP contribution in [0.1, 0.15) is 30.8 Å². The summed E-state index contributed by atoms with van der Waals surface area (Å²) in [5.41, 5.74) is 1.18. The summed E-state index contributed by atoms with van der Waals surface area (Å²) in [6.07, 6.45) is 2.08. The summed E-state index contributed by atoms with van der Waals surface area (Å²) in [5.74, 6) is 1.69.